The number of rotatable bonds is 7. The minimum atomic E-state index is -0.592. The molecule has 1 aliphatic heterocycles. The van der Waals surface area contributed by atoms with E-state index in [1.165, 1.54) is 7.11 Å². The molecule has 0 atom stereocenters. The van der Waals surface area contributed by atoms with Crippen LogP contribution >= 0.6 is 0 Å². The van der Waals surface area contributed by atoms with Crippen LogP contribution in [0.3, 0.4) is 0 Å². The van der Waals surface area contributed by atoms with E-state index >= 15 is 0 Å². The molecule has 1 aromatic carbocycles. The van der Waals surface area contributed by atoms with Gasteiger partial charge in [-0.05, 0) is 18.2 Å². The standard InChI is InChI=1S/C21H28N8O4/c1-22-28-21(27-20(31)25-15-4-3-5-16(12-15)32-2)33-14-19(30)26-17-13-24-7-6-18(17)29-10-8-23-9-11-29/h3-7,12-13,22-23H,8-11,14H2,1-2H3,(H,26,30)(H2,25,27,28,31). The van der Waals surface area contributed by atoms with Crippen molar-refractivity contribution in [1.29, 1.82) is 0 Å². The van der Waals surface area contributed by atoms with E-state index < -0.39 is 11.9 Å². The quantitative estimate of drug-likeness (QED) is 0.234. The number of pyridine rings is 1. The molecule has 1 aliphatic rings. The van der Waals surface area contributed by atoms with Gasteiger partial charge < -0.3 is 35.7 Å². The van der Waals surface area contributed by atoms with Crippen LogP contribution in [0.25, 0.3) is 0 Å². The molecule has 0 bridgehead atoms. The van der Waals surface area contributed by atoms with Gasteiger partial charge in [-0.1, -0.05) is 6.07 Å². The fourth-order valence-corrected chi connectivity index (χ4v) is 3.14. The molecule has 0 radical (unpaired) electrons. The minimum Gasteiger partial charge on any atom is -0.497 e. The van der Waals surface area contributed by atoms with Crippen molar-refractivity contribution in [2.24, 2.45) is 5.10 Å². The number of aromatic nitrogens is 1. The van der Waals surface area contributed by atoms with Gasteiger partial charge in [0.2, 0.25) is 0 Å². The molecular formula is C21H28N8O4. The van der Waals surface area contributed by atoms with Crippen LogP contribution in [-0.4, -0.2) is 69.9 Å². The van der Waals surface area contributed by atoms with Gasteiger partial charge in [0.15, 0.2) is 6.61 Å². The van der Waals surface area contributed by atoms with Crippen molar-refractivity contribution in [3.05, 3.63) is 42.7 Å². The van der Waals surface area contributed by atoms with Crippen LogP contribution in [0.2, 0.25) is 0 Å². The zero-order valence-electron chi connectivity index (χ0n) is 18.6. The average Bonchev–Trinajstić information content (AvgIpc) is 2.83. The van der Waals surface area contributed by atoms with Gasteiger partial charge in [-0.25, -0.2) is 4.79 Å². The van der Waals surface area contributed by atoms with Crippen LogP contribution in [0.15, 0.2) is 47.8 Å². The van der Waals surface area contributed by atoms with Gasteiger partial charge in [0.25, 0.3) is 5.91 Å². The molecule has 12 heteroatoms. The van der Waals surface area contributed by atoms with E-state index in [9.17, 15) is 9.59 Å². The SMILES string of the molecule is CN/N=C(/NC(=O)Nc1cccc(OC)c1)OCC(=O)Nc1cnccc1N1CCNCC1. The Labute approximate surface area is 191 Å². The largest absolute Gasteiger partial charge is 0.497 e. The smallest absolute Gasteiger partial charge is 0.327 e. The molecule has 33 heavy (non-hydrogen) atoms. The van der Waals surface area contributed by atoms with E-state index in [0.29, 0.717) is 17.1 Å². The lowest BCUT2D eigenvalue weighted by molar-refractivity contribution is -0.118. The maximum atomic E-state index is 12.5. The lowest BCUT2D eigenvalue weighted by Gasteiger charge is -2.30. The van der Waals surface area contributed by atoms with Crippen LogP contribution in [0.1, 0.15) is 0 Å². The van der Waals surface area contributed by atoms with Crippen LogP contribution in [-0.2, 0) is 9.53 Å². The van der Waals surface area contributed by atoms with Gasteiger partial charge in [-0.3, -0.25) is 15.1 Å². The minimum absolute atomic E-state index is 0.165. The first-order chi connectivity index (χ1) is 16.1. The zero-order chi connectivity index (χ0) is 23.5. The number of benzene rings is 1. The van der Waals surface area contributed by atoms with Gasteiger partial charge in [-0.2, -0.15) is 0 Å². The first-order valence-electron chi connectivity index (χ1n) is 10.4. The second kappa shape index (κ2) is 12.1. The number of nitrogens with zero attached hydrogens (tertiary/aromatic N) is 3. The molecule has 2 aromatic rings. The van der Waals surface area contributed by atoms with Crippen molar-refractivity contribution < 1.29 is 19.1 Å². The summed E-state index contributed by atoms with van der Waals surface area (Å²) >= 11 is 0. The number of urea groups is 1. The number of carbonyl (C=O) groups excluding carboxylic acids is 2. The maximum absolute atomic E-state index is 12.5. The number of anilines is 3. The molecule has 176 valence electrons. The van der Waals surface area contributed by atoms with Gasteiger partial charge >= 0.3 is 12.1 Å². The van der Waals surface area contributed by atoms with Crippen molar-refractivity contribution in [2.75, 3.05) is 62.5 Å². The Morgan fingerprint density at radius 1 is 1.21 bits per heavy atom. The van der Waals surface area contributed by atoms with Crippen molar-refractivity contribution in [3.8, 4) is 5.75 Å². The molecule has 0 spiro atoms. The molecule has 2 heterocycles. The normalized spacial score (nSPS) is 13.6. The number of hydrogen-bond acceptors (Lipinski definition) is 9. The Bertz CT molecular complexity index is 978. The Morgan fingerprint density at radius 2 is 2.03 bits per heavy atom. The van der Waals surface area contributed by atoms with E-state index in [2.05, 4.69) is 41.7 Å². The van der Waals surface area contributed by atoms with E-state index in [4.69, 9.17) is 9.47 Å². The summed E-state index contributed by atoms with van der Waals surface area (Å²) in [5, 5.41) is 15.0. The highest BCUT2D eigenvalue weighted by Gasteiger charge is 2.17. The monoisotopic (exact) mass is 456 g/mol. The summed E-state index contributed by atoms with van der Waals surface area (Å²) in [6.07, 6.45) is 3.28. The molecule has 0 unspecified atom stereocenters. The number of hydrazone groups is 1. The summed E-state index contributed by atoms with van der Waals surface area (Å²) in [7, 11) is 3.08. The Balaban J connectivity index is 1.54. The topological polar surface area (TPSA) is 141 Å². The summed E-state index contributed by atoms with van der Waals surface area (Å²) < 4.78 is 10.5. The third-order valence-electron chi connectivity index (χ3n) is 4.63. The van der Waals surface area contributed by atoms with Crippen molar-refractivity contribution in [1.82, 2.24) is 21.0 Å². The molecule has 1 aromatic heterocycles. The summed E-state index contributed by atoms with van der Waals surface area (Å²) in [5.41, 5.74) is 4.52. The molecule has 1 fully saturated rings. The fourth-order valence-electron chi connectivity index (χ4n) is 3.14. The highest BCUT2D eigenvalue weighted by molar-refractivity contribution is 6.01. The van der Waals surface area contributed by atoms with E-state index in [-0.39, 0.29) is 12.6 Å². The zero-order valence-corrected chi connectivity index (χ0v) is 18.6. The van der Waals surface area contributed by atoms with Crippen LogP contribution in [0, 0.1) is 0 Å². The fraction of sp³-hybridized carbons (Fsp3) is 0.333. The number of piperazine rings is 1. The maximum Gasteiger partial charge on any atom is 0.327 e. The van der Waals surface area contributed by atoms with Crippen LogP contribution in [0.4, 0.5) is 21.9 Å². The third kappa shape index (κ3) is 7.25. The lowest BCUT2D eigenvalue weighted by Crippen LogP contribution is -2.44. The predicted molar refractivity (Wildman–Crippen MR) is 126 cm³/mol. The number of ether oxygens (including phenoxy) is 2. The molecular weight excluding hydrogens is 428 g/mol. The summed E-state index contributed by atoms with van der Waals surface area (Å²) in [5.74, 6) is 0.179. The number of carbonyl (C=O) groups is 2. The molecule has 12 nitrogen and oxygen atoms in total. The molecule has 1 saturated heterocycles. The highest BCUT2D eigenvalue weighted by atomic mass is 16.5. The molecule has 5 N–H and O–H groups in total. The van der Waals surface area contributed by atoms with E-state index in [1.807, 2.05) is 6.07 Å². The Kier molecular flexibility index (Phi) is 8.65. The van der Waals surface area contributed by atoms with Crippen LogP contribution < -0.4 is 36.3 Å². The number of amidine groups is 1. The molecule has 0 aliphatic carbocycles. The number of amides is 3. The van der Waals surface area contributed by atoms with Gasteiger partial charge in [-0.15, -0.1) is 5.10 Å². The van der Waals surface area contributed by atoms with Crippen LogP contribution in [0.5, 0.6) is 5.75 Å². The van der Waals surface area contributed by atoms with Gasteiger partial charge in [0.1, 0.15) is 5.75 Å². The number of nitrogens with one attached hydrogen (secondary N) is 5. The van der Waals surface area contributed by atoms with E-state index in [1.54, 1.807) is 43.7 Å². The third-order valence-corrected chi connectivity index (χ3v) is 4.63. The first-order valence-corrected chi connectivity index (χ1v) is 10.4. The summed E-state index contributed by atoms with van der Waals surface area (Å²) in [4.78, 5) is 31.1. The van der Waals surface area contributed by atoms with E-state index in [0.717, 1.165) is 31.9 Å². The Hall–Kier alpha value is -4.06. The Morgan fingerprint density at radius 3 is 2.79 bits per heavy atom. The van der Waals surface area contributed by atoms with Crippen molar-refractivity contribution in [3.63, 3.8) is 0 Å². The van der Waals surface area contributed by atoms with Gasteiger partial charge in [0, 0.05) is 51.2 Å². The van der Waals surface area contributed by atoms with Gasteiger partial charge in [0.05, 0.1) is 24.7 Å². The first kappa shape index (κ1) is 23.6. The highest BCUT2D eigenvalue weighted by Crippen LogP contribution is 2.24. The van der Waals surface area contributed by atoms with Crippen molar-refractivity contribution >= 4 is 35.0 Å². The summed E-state index contributed by atoms with van der Waals surface area (Å²) in [6, 6.07) is 7.97. The molecule has 3 amide bonds. The second-order valence-corrected chi connectivity index (χ2v) is 6.92. The number of hydrogen-bond donors (Lipinski definition) is 5. The lowest BCUT2D eigenvalue weighted by atomic mass is 10.2. The van der Waals surface area contributed by atoms with Crippen molar-refractivity contribution in [2.45, 2.75) is 0 Å². The summed E-state index contributed by atoms with van der Waals surface area (Å²) in [6.45, 7) is 3.03. The predicted octanol–water partition coefficient (Wildman–Crippen LogP) is 0.767. The second-order valence-electron chi connectivity index (χ2n) is 6.92. The molecule has 0 saturated carbocycles. The average molecular weight is 457 g/mol. The molecule has 3 rings (SSSR count). The number of methoxy groups -OCH3 is 1.